The molecule has 0 saturated carbocycles. The maximum absolute atomic E-state index is 10.7. The van der Waals surface area contributed by atoms with Crippen molar-refractivity contribution in [2.24, 2.45) is 5.92 Å². The molecule has 0 bridgehead atoms. The van der Waals surface area contributed by atoms with Crippen molar-refractivity contribution in [3.05, 3.63) is 22.2 Å². The van der Waals surface area contributed by atoms with Gasteiger partial charge < -0.3 is 19.9 Å². The lowest BCUT2D eigenvalue weighted by molar-refractivity contribution is 0.101. The average Bonchev–Trinajstić information content (AvgIpc) is 2.72. The van der Waals surface area contributed by atoms with Crippen LogP contribution in [0.15, 0.2) is 16.6 Å². The van der Waals surface area contributed by atoms with Crippen LogP contribution in [0.1, 0.15) is 37.9 Å². The number of aliphatic hydroxyl groups is 1. The molecule has 0 radical (unpaired) electrons. The second-order valence-electron chi connectivity index (χ2n) is 6.02. The highest BCUT2D eigenvalue weighted by molar-refractivity contribution is 9.10. The smallest absolute Gasteiger partial charge is 0.175 e. The van der Waals surface area contributed by atoms with Gasteiger partial charge in [0.05, 0.1) is 23.8 Å². The maximum atomic E-state index is 10.7. The van der Waals surface area contributed by atoms with E-state index in [1.807, 2.05) is 12.1 Å². The van der Waals surface area contributed by atoms with Crippen LogP contribution in [0.4, 0.5) is 0 Å². The largest absolute Gasteiger partial charge is 0.490 e. The van der Waals surface area contributed by atoms with E-state index in [0.29, 0.717) is 19.1 Å². The molecule has 2 aliphatic rings. The molecule has 21 heavy (non-hydrogen) atoms. The number of fused-ring (bicyclic) bond motifs is 1. The summed E-state index contributed by atoms with van der Waals surface area (Å²) in [4.78, 5) is 0. The predicted octanol–water partition coefficient (Wildman–Crippen LogP) is 3.03. The van der Waals surface area contributed by atoms with Gasteiger partial charge in [-0.05, 0) is 58.9 Å². The normalized spacial score (nSPS) is 27.0. The van der Waals surface area contributed by atoms with E-state index < -0.39 is 6.10 Å². The second kappa shape index (κ2) is 6.55. The Morgan fingerprint density at radius 1 is 1.33 bits per heavy atom. The summed E-state index contributed by atoms with van der Waals surface area (Å²) in [7, 11) is 0. The zero-order valence-corrected chi connectivity index (χ0v) is 13.9. The minimum atomic E-state index is -0.527. The van der Waals surface area contributed by atoms with E-state index in [9.17, 15) is 5.11 Å². The van der Waals surface area contributed by atoms with Crippen molar-refractivity contribution in [2.45, 2.75) is 38.3 Å². The van der Waals surface area contributed by atoms with Crippen molar-refractivity contribution in [3.8, 4) is 11.5 Å². The fraction of sp³-hybridized carbons (Fsp3) is 0.625. The molecule has 0 aliphatic carbocycles. The van der Waals surface area contributed by atoms with Crippen LogP contribution in [0, 0.1) is 5.92 Å². The molecule has 1 fully saturated rings. The van der Waals surface area contributed by atoms with E-state index in [1.54, 1.807) is 0 Å². The summed E-state index contributed by atoms with van der Waals surface area (Å²) < 4.78 is 12.3. The Morgan fingerprint density at radius 3 is 2.95 bits per heavy atom. The van der Waals surface area contributed by atoms with Gasteiger partial charge in [0.1, 0.15) is 0 Å². The molecule has 1 saturated heterocycles. The van der Waals surface area contributed by atoms with Crippen LogP contribution in [0.25, 0.3) is 0 Å². The molecule has 1 aromatic carbocycles. The monoisotopic (exact) mass is 355 g/mol. The van der Waals surface area contributed by atoms with Gasteiger partial charge in [-0.25, -0.2) is 0 Å². The van der Waals surface area contributed by atoms with Crippen molar-refractivity contribution in [3.63, 3.8) is 0 Å². The van der Waals surface area contributed by atoms with Gasteiger partial charge in [-0.15, -0.1) is 0 Å². The van der Waals surface area contributed by atoms with Crippen LogP contribution >= 0.6 is 15.9 Å². The number of nitrogens with one attached hydrogen (secondary N) is 1. The minimum absolute atomic E-state index is 0.102. The predicted molar refractivity (Wildman–Crippen MR) is 84.9 cm³/mol. The average molecular weight is 356 g/mol. The Kier molecular flexibility index (Phi) is 4.72. The number of halogens is 1. The summed E-state index contributed by atoms with van der Waals surface area (Å²) in [5.74, 6) is 2.11. The highest BCUT2D eigenvalue weighted by atomic mass is 79.9. The molecule has 4 nitrogen and oxygen atoms in total. The standard InChI is InChI=1S/C16H22BrNO3/c1-10-3-4-18-13(7-10)15(19)11-8-12(17)16-14(9-11)20-5-2-6-21-16/h8-10,13,15,18-19H,2-7H2,1H3. The van der Waals surface area contributed by atoms with Gasteiger partial charge in [0.25, 0.3) is 0 Å². The zero-order valence-electron chi connectivity index (χ0n) is 12.3. The Morgan fingerprint density at radius 2 is 2.14 bits per heavy atom. The molecule has 0 spiro atoms. The van der Waals surface area contributed by atoms with E-state index in [0.717, 1.165) is 40.9 Å². The first kappa shape index (κ1) is 15.1. The Labute approximate surface area is 134 Å². The number of hydrogen-bond acceptors (Lipinski definition) is 4. The third-order valence-electron chi connectivity index (χ3n) is 4.25. The molecule has 2 N–H and O–H groups in total. The van der Waals surface area contributed by atoms with Crippen molar-refractivity contribution >= 4 is 15.9 Å². The first-order valence-electron chi connectivity index (χ1n) is 7.65. The molecule has 0 amide bonds. The number of piperidine rings is 1. The lowest BCUT2D eigenvalue weighted by Gasteiger charge is -2.32. The SMILES string of the molecule is CC1CCNC(C(O)c2cc(Br)c3c(c2)OCCCO3)C1. The van der Waals surface area contributed by atoms with Gasteiger partial charge in [0.2, 0.25) is 0 Å². The van der Waals surface area contributed by atoms with Gasteiger partial charge in [-0.1, -0.05) is 6.92 Å². The number of ether oxygens (including phenoxy) is 2. The summed E-state index contributed by atoms with van der Waals surface area (Å²) in [6.07, 6.45) is 2.52. The number of aliphatic hydroxyl groups excluding tert-OH is 1. The fourth-order valence-electron chi connectivity index (χ4n) is 3.04. The van der Waals surface area contributed by atoms with Crippen molar-refractivity contribution in [2.75, 3.05) is 19.8 Å². The Bertz CT molecular complexity index is 509. The molecule has 5 heteroatoms. The van der Waals surface area contributed by atoms with Crippen LogP contribution in [-0.4, -0.2) is 30.9 Å². The van der Waals surface area contributed by atoms with Crippen molar-refractivity contribution in [1.29, 1.82) is 0 Å². The van der Waals surface area contributed by atoms with Gasteiger partial charge in [0, 0.05) is 12.5 Å². The first-order valence-corrected chi connectivity index (χ1v) is 8.45. The summed E-state index contributed by atoms with van der Waals surface area (Å²) in [6.45, 7) is 4.52. The topological polar surface area (TPSA) is 50.7 Å². The molecule has 3 atom stereocenters. The van der Waals surface area contributed by atoms with Crippen molar-refractivity contribution < 1.29 is 14.6 Å². The Balaban J connectivity index is 1.84. The molecule has 2 aliphatic heterocycles. The van der Waals surface area contributed by atoms with Crippen LogP contribution < -0.4 is 14.8 Å². The van der Waals surface area contributed by atoms with Crippen LogP contribution in [0.3, 0.4) is 0 Å². The minimum Gasteiger partial charge on any atom is -0.490 e. The van der Waals surface area contributed by atoms with E-state index in [4.69, 9.17) is 9.47 Å². The van der Waals surface area contributed by atoms with E-state index >= 15 is 0 Å². The Hall–Kier alpha value is -0.780. The van der Waals surface area contributed by atoms with E-state index in [-0.39, 0.29) is 6.04 Å². The van der Waals surface area contributed by atoms with Crippen molar-refractivity contribution in [1.82, 2.24) is 5.32 Å². The van der Waals surface area contributed by atoms with E-state index in [2.05, 4.69) is 28.2 Å². The second-order valence-corrected chi connectivity index (χ2v) is 6.87. The van der Waals surface area contributed by atoms with Gasteiger partial charge in [-0.3, -0.25) is 0 Å². The summed E-state index contributed by atoms with van der Waals surface area (Å²) in [6, 6.07) is 3.96. The molecular weight excluding hydrogens is 334 g/mol. The van der Waals surface area contributed by atoms with Gasteiger partial charge >= 0.3 is 0 Å². The highest BCUT2D eigenvalue weighted by Gasteiger charge is 2.27. The highest BCUT2D eigenvalue weighted by Crippen LogP contribution is 2.40. The van der Waals surface area contributed by atoms with Gasteiger partial charge in [-0.2, -0.15) is 0 Å². The van der Waals surface area contributed by atoms with E-state index in [1.165, 1.54) is 6.42 Å². The van der Waals surface area contributed by atoms with Crippen LogP contribution in [0.5, 0.6) is 11.5 Å². The molecule has 116 valence electrons. The fourth-order valence-corrected chi connectivity index (χ4v) is 3.62. The molecule has 2 heterocycles. The summed E-state index contributed by atoms with van der Waals surface area (Å²) >= 11 is 3.54. The quantitative estimate of drug-likeness (QED) is 0.855. The lowest BCUT2D eigenvalue weighted by Crippen LogP contribution is -2.41. The summed E-state index contributed by atoms with van der Waals surface area (Å²) in [5, 5.41) is 14.1. The van der Waals surface area contributed by atoms with Crippen LogP contribution in [-0.2, 0) is 0 Å². The molecular formula is C16H22BrNO3. The molecule has 3 rings (SSSR count). The first-order chi connectivity index (χ1) is 10.1. The number of hydrogen-bond donors (Lipinski definition) is 2. The number of rotatable bonds is 2. The third-order valence-corrected chi connectivity index (χ3v) is 4.84. The summed E-state index contributed by atoms with van der Waals surface area (Å²) in [5.41, 5.74) is 0.873. The van der Waals surface area contributed by atoms with Gasteiger partial charge in [0.15, 0.2) is 11.5 Å². The molecule has 3 unspecified atom stereocenters. The lowest BCUT2D eigenvalue weighted by atomic mass is 9.88. The number of benzene rings is 1. The molecule has 1 aromatic rings. The van der Waals surface area contributed by atoms with Crippen LogP contribution in [0.2, 0.25) is 0 Å². The third kappa shape index (κ3) is 3.35. The zero-order chi connectivity index (χ0) is 14.8. The maximum Gasteiger partial charge on any atom is 0.175 e. The molecule has 0 aromatic heterocycles.